The highest BCUT2D eigenvalue weighted by molar-refractivity contribution is 5.70. The van der Waals surface area contributed by atoms with Gasteiger partial charge in [-0.15, -0.1) is 0 Å². The fourth-order valence-corrected chi connectivity index (χ4v) is 1.13. The van der Waals surface area contributed by atoms with E-state index in [2.05, 4.69) is 10.3 Å². The van der Waals surface area contributed by atoms with E-state index in [1.54, 1.807) is 32.2 Å². The Kier molecular flexibility index (Phi) is 3.19. The molecule has 0 saturated carbocycles. The molecule has 4 nitrogen and oxygen atoms in total. The number of anilines is 1. The minimum atomic E-state index is -0.757. The van der Waals surface area contributed by atoms with E-state index in [9.17, 15) is 9.90 Å². The van der Waals surface area contributed by atoms with Gasteiger partial charge in [0, 0.05) is 12.1 Å². The smallest absolute Gasteiger partial charge is 0.211 e. The summed E-state index contributed by atoms with van der Waals surface area (Å²) in [6, 6.07) is 3.53. The van der Waals surface area contributed by atoms with E-state index in [1.165, 1.54) is 0 Å². The molecule has 1 aromatic heterocycles. The van der Waals surface area contributed by atoms with Crippen molar-refractivity contribution in [3.8, 4) is 0 Å². The first-order valence-corrected chi connectivity index (χ1v) is 4.39. The monoisotopic (exact) mass is 194 g/mol. The van der Waals surface area contributed by atoms with Gasteiger partial charge in [-0.3, -0.25) is 9.78 Å². The number of aromatic nitrogens is 1. The van der Waals surface area contributed by atoms with Crippen molar-refractivity contribution in [1.29, 1.82) is 0 Å². The van der Waals surface area contributed by atoms with Crippen molar-refractivity contribution in [2.24, 2.45) is 0 Å². The van der Waals surface area contributed by atoms with Crippen LogP contribution in [0.4, 0.5) is 5.69 Å². The SMILES string of the molecule is CC(C)(O)Cc1ccc(NC=O)cn1. The number of hydrogen-bond acceptors (Lipinski definition) is 3. The molecule has 2 N–H and O–H groups in total. The van der Waals surface area contributed by atoms with E-state index < -0.39 is 5.60 Å². The first kappa shape index (κ1) is 10.7. The predicted octanol–water partition coefficient (Wildman–Crippen LogP) is 0.963. The Morgan fingerprint density at radius 3 is 2.71 bits per heavy atom. The lowest BCUT2D eigenvalue weighted by molar-refractivity contribution is -0.105. The normalized spacial score (nSPS) is 11.1. The first-order chi connectivity index (χ1) is 6.51. The third kappa shape index (κ3) is 3.53. The Balaban J connectivity index is 2.68. The molecular weight excluding hydrogens is 180 g/mol. The number of carbonyl (C=O) groups excluding carboxylic acids is 1. The summed E-state index contributed by atoms with van der Waals surface area (Å²) >= 11 is 0. The van der Waals surface area contributed by atoms with Crippen molar-refractivity contribution in [1.82, 2.24) is 4.98 Å². The Morgan fingerprint density at radius 2 is 2.29 bits per heavy atom. The van der Waals surface area contributed by atoms with Gasteiger partial charge in [0.1, 0.15) is 0 Å². The fraction of sp³-hybridized carbons (Fsp3) is 0.400. The Morgan fingerprint density at radius 1 is 1.57 bits per heavy atom. The van der Waals surface area contributed by atoms with E-state index in [0.717, 1.165) is 5.69 Å². The lowest BCUT2D eigenvalue weighted by Gasteiger charge is -2.16. The summed E-state index contributed by atoms with van der Waals surface area (Å²) in [5, 5.41) is 12.0. The number of rotatable bonds is 4. The van der Waals surface area contributed by atoms with Gasteiger partial charge in [-0.05, 0) is 26.0 Å². The topological polar surface area (TPSA) is 62.2 Å². The van der Waals surface area contributed by atoms with Crippen LogP contribution in [-0.2, 0) is 11.2 Å². The second-order valence-electron chi connectivity index (χ2n) is 3.79. The number of aliphatic hydroxyl groups is 1. The molecule has 1 amide bonds. The third-order valence-corrected chi connectivity index (χ3v) is 1.66. The van der Waals surface area contributed by atoms with E-state index in [0.29, 0.717) is 18.5 Å². The molecule has 1 rings (SSSR count). The van der Waals surface area contributed by atoms with Crippen LogP contribution in [0, 0.1) is 0 Å². The van der Waals surface area contributed by atoms with Gasteiger partial charge in [0.05, 0.1) is 17.5 Å². The molecule has 0 atom stereocenters. The maximum atomic E-state index is 10.1. The minimum Gasteiger partial charge on any atom is -0.390 e. The van der Waals surface area contributed by atoms with Gasteiger partial charge in [0.25, 0.3) is 0 Å². The lowest BCUT2D eigenvalue weighted by atomic mass is 10.0. The van der Waals surface area contributed by atoms with Crippen LogP contribution in [-0.4, -0.2) is 22.1 Å². The van der Waals surface area contributed by atoms with Crippen LogP contribution in [0.25, 0.3) is 0 Å². The highest BCUT2D eigenvalue weighted by Crippen LogP contribution is 2.12. The van der Waals surface area contributed by atoms with Crippen LogP contribution in [0.2, 0.25) is 0 Å². The Hall–Kier alpha value is -1.42. The average Bonchev–Trinajstić information content (AvgIpc) is 2.06. The zero-order valence-corrected chi connectivity index (χ0v) is 8.32. The molecule has 0 radical (unpaired) electrons. The Labute approximate surface area is 83.0 Å². The standard InChI is InChI=1S/C10H14N2O2/c1-10(2,14)5-8-3-4-9(6-11-8)12-7-13/h3-4,6-7,14H,5H2,1-2H3,(H,12,13). The number of amides is 1. The molecule has 14 heavy (non-hydrogen) atoms. The predicted molar refractivity (Wildman–Crippen MR) is 53.9 cm³/mol. The molecular formula is C10H14N2O2. The average molecular weight is 194 g/mol. The van der Waals surface area contributed by atoms with Crippen molar-refractivity contribution >= 4 is 12.1 Å². The van der Waals surface area contributed by atoms with Crippen LogP contribution in [0.5, 0.6) is 0 Å². The highest BCUT2D eigenvalue weighted by Gasteiger charge is 2.13. The number of pyridine rings is 1. The van der Waals surface area contributed by atoms with E-state index >= 15 is 0 Å². The van der Waals surface area contributed by atoms with E-state index in [4.69, 9.17) is 0 Å². The highest BCUT2D eigenvalue weighted by atomic mass is 16.3. The van der Waals surface area contributed by atoms with Gasteiger partial charge in [0.15, 0.2) is 0 Å². The van der Waals surface area contributed by atoms with Crippen LogP contribution >= 0.6 is 0 Å². The number of carbonyl (C=O) groups is 1. The second-order valence-corrected chi connectivity index (χ2v) is 3.79. The molecule has 0 aliphatic rings. The van der Waals surface area contributed by atoms with Gasteiger partial charge in [0.2, 0.25) is 6.41 Å². The summed E-state index contributed by atoms with van der Waals surface area (Å²) < 4.78 is 0. The Bertz CT molecular complexity index is 301. The van der Waals surface area contributed by atoms with Crippen molar-refractivity contribution < 1.29 is 9.90 Å². The first-order valence-electron chi connectivity index (χ1n) is 4.39. The maximum Gasteiger partial charge on any atom is 0.211 e. The summed E-state index contributed by atoms with van der Waals surface area (Å²) in [6.07, 6.45) is 2.66. The minimum absolute atomic E-state index is 0.494. The van der Waals surface area contributed by atoms with E-state index in [-0.39, 0.29) is 0 Å². The van der Waals surface area contributed by atoms with Crippen molar-refractivity contribution in [2.45, 2.75) is 25.9 Å². The summed E-state index contributed by atoms with van der Waals surface area (Å²) in [5.74, 6) is 0. The van der Waals surface area contributed by atoms with E-state index in [1.807, 2.05) is 0 Å². The molecule has 0 aromatic carbocycles. The molecule has 0 saturated heterocycles. The fourth-order valence-electron chi connectivity index (χ4n) is 1.13. The zero-order valence-electron chi connectivity index (χ0n) is 8.32. The summed E-state index contributed by atoms with van der Waals surface area (Å²) in [6.45, 7) is 3.46. The number of nitrogens with zero attached hydrogens (tertiary/aromatic N) is 1. The molecule has 0 spiro atoms. The van der Waals surface area contributed by atoms with Crippen molar-refractivity contribution in [2.75, 3.05) is 5.32 Å². The molecule has 0 aliphatic heterocycles. The largest absolute Gasteiger partial charge is 0.390 e. The number of nitrogens with one attached hydrogen (secondary N) is 1. The molecule has 0 aliphatic carbocycles. The molecule has 1 aromatic rings. The van der Waals surface area contributed by atoms with Gasteiger partial charge in [-0.25, -0.2) is 0 Å². The maximum absolute atomic E-state index is 10.1. The molecule has 0 fully saturated rings. The molecule has 4 heteroatoms. The van der Waals surface area contributed by atoms with Gasteiger partial charge < -0.3 is 10.4 Å². The summed E-state index contributed by atoms with van der Waals surface area (Å²) in [4.78, 5) is 14.2. The third-order valence-electron chi connectivity index (χ3n) is 1.66. The van der Waals surface area contributed by atoms with Crippen molar-refractivity contribution in [3.05, 3.63) is 24.0 Å². The van der Waals surface area contributed by atoms with Crippen LogP contribution < -0.4 is 5.32 Å². The lowest BCUT2D eigenvalue weighted by Crippen LogP contribution is -2.22. The van der Waals surface area contributed by atoms with Crippen molar-refractivity contribution in [3.63, 3.8) is 0 Å². The molecule has 1 heterocycles. The number of hydrogen-bond donors (Lipinski definition) is 2. The van der Waals surface area contributed by atoms with Gasteiger partial charge in [-0.2, -0.15) is 0 Å². The van der Waals surface area contributed by atoms with Gasteiger partial charge in [-0.1, -0.05) is 0 Å². The molecule has 76 valence electrons. The van der Waals surface area contributed by atoms with Crippen LogP contribution in [0.3, 0.4) is 0 Å². The van der Waals surface area contributed by atoms with Crippen LogP contribution in [0.15, 0.2) is 18.3 Å². The molecule has 0 bridgehead atoms. The quantitative estimate of drug-likeness (QED) is 0.702. The van der Waals surface area contributed by atoms with Crippen LogP contribution in [0.1, 0.15) is 19.5 Å². The molecule has 0 unspecified atom stereocenters. The van der Waals surface area contributed by atoms with Gasteiger partial charge >= 0.3 is 0 Å². The summed E-state index contributed by atoms with van der Waals surface area (Å²) in [5.41, 5.74) is 0.695. The second kappa shape index (κ2) is 4.19. The summed E-state index contributed by atoms with van der Waals surface area (Å²) in [7, 11) is 0. The zero-order chi connectivity index (χ0) is 10.6.